The summed E-state index contributed by atoms with van der Waals surface area (Å²) >= 11 is 3.36. The lowest BCUT2D eigenvalue weighted by atomic mass is 10.1. The van der Waals surface area contributed by atoms with E-state index in [0.29, 0.717) is 16.8 Å². The quantitative estimate of drug-likeness (QED) is 0.120. The van der Waals surface area contributed by atoms with Crippen molar-refractivity contribution in [1.29, 1.82) is 0 Å². The van der Waals surface area contributed by atoms with Crippen LogP contribution in [0.4, 0.5) is 22.7 Å². The number of phenols is 2. The molecule has 13 nitrogen and oxygen atoms in total. The molecule has 0 radical (unpaired) electrons. The Bertz CT molecular complexity index is 1190. The Morgan fingerprint density at radius 1 is 0.967 bits per heavy atom. The van der Waals surface area contributed by atoms with Crippen molar-refractivity contribution in [2.45, 2.75) is 0 Å². The number of benzene rings is 3. The molecule has 0 saturated heterocycles. The van der Waals surface area contributed by atoms with E-state index in [-0.39, 0.29) is 11.4 Å². The van der Waals surface area contributed by atoms with Gasteiger partial charge in [-0.05, 0) is 5.04 Å². The molecule has 0 aliphatic carbocycles. The number of nitro benzene ring substituents is 2. The Kier molecular flexibility index (Phi) is 5.91. The normalized spacial score (nSPS) is 11.1. The summed E-state index contributed by atoms with van der Waals surface area (Å²) in [5.74, 6) is -1.31. The average molecular weight is 434 g/mol. The van der Waals surface area contributed by atoms with E-state index in [0.717, 1.165) is 12.1 Å². The topological polar surface area (TPSA) is 179 Å². The molecule has 0 heterocycles. The number of non-ortho nitro benzene ring substituents is 1. The minimum atomic E-state index is -0.996. The third kappa shape index (κ3) is 4.04. The maximum atomic E-state index is 11.0. The third-order valence-corrected chi connectivity index (χ3v) is 3.89. The largest absolute Gasteiger partial charge is 0.505 e. The molecule has 0 atom stereocenters. The van der Waals surface area contributed by atoms with Gasteiger partial charge in [-0.25, -0.2) is 0 Å². The smallest absolute Gasteiger partial charge is 0.319 e. The van der Waals surface area contributed by atoms with E-state index in [1.807, 2.05) is 0 Å². The van der Waals surface area contributed by atoms with Crippen LogP contribution in [0.1, 0.15) is 0 Å². The standard InChI is InChI=1S/C16H10N4O9S/c21-13-7-14(27-28-29-30)9-3-1-2-4-10(9)15(13)18-17-11-5-8(19(23)24)6-12(16(11)22)20(25)26/h1-7,21-22,30H. The molecule has 0 saturated carbocycles. The maximum Gasteiger partial charge on any atom is 0.319 e. The van der Waals surface area contributed by atoms with Gasteiger partial charge in [-0.15, -0.1) is 14.6 Å². The molecule has 3 aromatic carbocycles. The highest BCUT2D eigenvalue weighted by atomic mass is 32.1. The monoisotopic (exact) mass is 434 g/mol. The molecule has 0 fully saturated rings. The fourth-order valence-electron chi connectivity index (χ4n) is 2.55. The van der Waals surface area contributed by atoms with Crippen LogP contribution in [0, 0.1) is 20.2 Å². The summed E-state index contributed by atoms with van der Waals surface area (Å²) in [6.45, 7) is 0. The SMILES string of the molecule is O=[N+]([O-])c1cc(N=Nc2c(O)cc(OOOS)c3ccccc23)c(O)c([N+](=O)[O-])c1. The van der Waals surface area contributed by atoms with Crippen molar-refractivity contribution in [3.05, 3.63) is 62.7 Å². The zero-order valence-electron chi connectivity index (χ0n) is 14.5. The Balaban J connectivity index is 2.14. The number of hydrogen-bond acceptors (Lipinski definition) is 12. The molecule has 0 bridgehead atoms. The molecule has 2 N–H and O–H groups in total. The van der Waals surface area contributed by atoms with Crippen LogP contribution in [0.5, 0.6) is 17.2 Å². The number of phenolic OH excluding ortho intramolecular Hbond substituents is 2. The molecule has 0 aliphatic heterocycles. The lowest BCUT2D eigenvalue weighted by molar-refractivity contribution is -0.401. The van der Waals surface area contributed by atoms with Gasteiger partial charge in [-0.3, -0.25) is 20.2 Å². The molecule has 0 unspecified atom stereocenters. The summed E-state index contributed by atoms with van der Waals surface area (Å²) in [4.78, 5) is 25.0. The Labute approximate surface area is 171 Å². The predicted octanol–water partition coefficient (Wildman–Crippen LogP) is 4.57. The molecule has 0 aliphatic rings. The van der Waals surface area contributed by atoms with Gasteiger partial charge in [0.25, 0.3) is 5.69 Å². The number of nitrogens with zero attached hydrogens (tertiary/aromatic N) is 4. The number of aromatic hydroxyl groups is 2. The average Bonchev–Trinajstić information content (AvgIpc) is 2.72. The maximum absolute atomic E-state index is 11.0. The summed E-state index contributed by atoms with van der Waals surface area (Å²) < 4.78 is 4.06. The summed E-state index contributed by atoms with van der Waals surface area (Å²) in [6.07, 6.45) is 0. The van der Waals surface area contributed by atoms with Crippen molar-refractivity contribution in [2.75, 3.05) is 0 Å². The van der Waals surface area contributed by atoms with Crippen LogP contribution in [0.3, 0.4) is 0 Å². The zero-order valence-corrected chi connectivity index (χ0v) is 15.4. The molecule has 154 valence electrons. The molecular formula is C16H10N4O9S. The molecule has 0 aromatic heterocycles. The first kappa shape index (κ1) is 20.7. The highest BCUT2D eigenvalue weighted by Gasteiger charge is 2.24. The second-order valence-electron chi connectivity index (χ2n) is 5.56. The van der Waals surface area contributed by atoms with Gasteiger partial charge in [0.2, 0.25) is 5.75 Å². The van der Waals surface area contributed by atoms with Crippen molar-refractivity contribution in [3.63, 3.8) is 0 Å². The molecule has 30 heavy (non-hydrogen) atoms. The number of rotatable bonds is 7. The van der Waals surface area contributed by atoms with Crippen LogP contribution in [-0.4, -0.2) is 20.1 Å². The Morgan fingerprint density at radius 3 is 2.30 bits per heavy atom. The second-order valence-corrected chi connectivity index (χ2v) is 5.71. The summed E-state index contributed by atoms with van der Waals surface area (Å²) in [6, 6.07) is 8.95. The molecule has 3 aromatic rings. The highest BCUT2D eigenvalue weighted by Crippen LogP contribution is 2.44. The second kappa shape index (κ2) is 8.56. The van der Waals surface area contributed by atoms with Gasteiger partial charge < -0.3 is 15.1 Å². The summed E-state index contributed by atoms with van der Waals surface area (Å²) in [5, 5.41) is 54.9. The van der Waals surface area contributed by atoms with Crippen molar-refractivity contribution in [1.82, 2.24) is 0 Å². The van der Waals surface area contributed by atoms with Crippen molar-refractivity contribution < 1.29 is 34.3 Å². The van der Waals surface area contributed by atoms with Crippen molar-refractivity contribution in [2.24, 2.45) is 10.2 Å². The van der Waals surface area contributed by atoms with E-state index in [1.165, 1.54) is 0 Å². The minimum absolute atomic E-state index is 0.0462. The van der Waals surface area contributed by atoms with Crippen LogP contribution >= 0.6 is 12.9 Å². The Hall–Kier alpha value is -4.01. The molecule has 14 heteroatoms. The fourth-order valence-corrected chi connectivity index (χ4v) is 2.58. The van der Waals surface area contributed by atoms with Gasteiger partial charge in [0.1, 0.15) is 17.1 Å². The van der Waals surface area contributed by atoms with E-state index in [4.69, 9.17) is 4.89 Å². The lowest BCUT2D eigenvalue weighted by Crippen LogP contribution is -1.94. The van der Waals surface area contributed by atoms with E-state index < -0.39 is 38.4 Å². The van der Waals surface area contributed by atoms with Crippen LogP contribution in [0.15, 0.2) is 52.7 Å². The third-order valence-electron chi connectivity index (χ3n) is 3.83. The van der Waals surface area contributed by atoms with Gasteiger partial charge >= 0.3 is 5.69 Å². The molecular weight excluding hydrogens is 424 g/mol. The summed E-state index contributed by atoms with van der Waals surface area (Å²) in [5.41, 5.74) is -2.22. The fraction of sp³-hybridized carbons (Fsp3) is 0. The molecule has 3 rings (SSSR count). The predicted molar refractivity (Wildman–Crippen MR) is 103 cm³/mol. The van der Waals surface area contributed by atoms with Gasteiger partial charge in [-0.2, -0.15) is 0 Å². The Morgan fingerprint density at radius 2 is 1.67 bits per heavy atom. The first-order valence-corrected chi connectivity index (χ1v) is 8.17. The number of azo groups is 1. The van der Waals surface area contributed by atoms with Crippen LogP contribution in [0.2, 0.25) is 0 Å². The number of fused-ring (bicyclic) bond motifs is 1. The number of thiol groups is 1. The van der Waals surface area contributed by atoms with E-state index in [9.17, 15) is 30.4 Å². The summed E-state index contributed by atoms with van der Waals surface area (Å²) in [7, 11) is 0. The lowest BCUT2D eigenvalue weighted by Gasteiger charge is -2.09. The highest BCUT2D eigenvalue weighted by molar-refractivity contribution is 7.74. The molecule has 0 spiro atoms. The van der Waals surface area contributed by atoms with Crippen molar-refractivity contribution >= 4 is 46.4 Å². The zero-order chi connectivity index (χ0) is 21.8. The van der Waals surface area contributed by atoms with Crippen LogP contribution in [-0.2, 0) is 9.37 Å². The van der Waals surface area contributed by atoms with Gasteiger partial charge in [0.15, 0.2) is 5.75 Å². The van der Waals surface area contributed by atoms with Crippen LogP contribution in [0.25, 0.3) is 10.8 Å². The number of hydrogen-bond donors (Lipinski definition) is 3. The number of nitro groups is 2. The minimum Gasteiger partial charge on any atom is -0.505 e. The first-order chi connectivity index (χ1) is 14.3. The van der Waals surface area contributed by atoms with Gasteiger partial charge in [0, 0.05) is 35.8 Å². The van der Waals surface area contributed by atoms with Crippen LogP contribution < -0.4 is 4.89 Å². The van der Waals surface area contributed by atoms with E-state index in [1.54, 1.807) is 24.3 Å². The van der Waals surface area contributed by atoms with Gasteiger partial charge in [0.05, 0.1) is 15.9 Å². The molecule has 0 amide bonds. The van der Waals surface area contributed by atoms with E-state index >= 15 is 0 Å². The van der Waals surface area contributed by atoms with Gasteiger partial charge in [-0.1, -0.05) is 24.3 Å². The first-order valence-electron chi connectivity index (χ1n) is 7.80. The van der Waals surface area contributed by atoms with Crippen molar-refractivity contribution in [3.8, 4) is 17.2 Å². The van der Waals surface area contributed by atoms with E-state index in [2.05, 4.69) is 32.5 Å².